The fraction of sp³-hybridized carbons (Fsp3) is 0.588. The van der Waals surface area contributed by atoms with Crippen molar-refractivity contribution in [3.05, 3.63) is 35.9 Å². The summed E-state index contributed by atoms with van der Waals surface area (Å²) in [5.74, 6) is 0.650. The van der Waals surface area contributed by atoms with Gasteiger partial charge in [-0.1, -0.05) is 36.8 Å². The Morgan fingerprint density at radius 1 is 1.25 bits per heavy atom. The molecule has 0 unspecified atom stereocenters. The van der Waals surface area contributed by atoms with Gasteiger partial charge in [-0.2, -0.15) is 0 Å². The zero-order valence-electron chi connectivity index (χ0n) is 11.9. The van der Waals surface area contributed by atoms with Gasteiger partial charge in [0, 0.05) is 5.54 Å². The number of carbonyl (C=O) groups excluding carboxylic acids is 1. The van der Waals surface area contributed by atoms with Crippen molar-refractivity contribution in [1.29, 1.82) is 0 Å². The third-order valence-corrected chi connectivity index (χ3v) is 5.72. The van der Waals surface area contributed by atoms with Crippen molar-refractivity contribution in [3.8, 4) is 0 Å². The molecule has 0 aromatic heterocycles. The highest BCUT2D eigenvalue weighted by Gasteiger charge is 2.58. The van der Waals surface area contributed by atoms with Crippen LogP contribution in [0.3, 0.4) is 0 Å². The van der Waals surface area contributed by atoms with Gasteiger partial charge in [-0.3, -0.25) is 9.69 Å². The third kappa shape index (κ3) is 1.59. The van der Waals surface area contributed by atoms with Crippen LogP contribution in [0.1, 0.15) is 44.2 Å². The molecule has 0 spiro atoms. The highest BCUT2D eigenvalue weighted by atomic mass is 16.5. The number of nitrogens with zero attached hydrogens (tertiary/aromatic N) is 1. The summed E-state index contributed by atoms with van der Waals surface area (Å²) in [6.07, 6.45) is 4.75. The molecule has 1 saturated carbocycles. The topological polar surface area (TPSA) is 29.5 Å². The molecule has 4 atom stereocenters. The van der Waals surface area contributed by atoms with Crippen LogP contribution in [0.5, 0.6) is 0 Å². The number of cyclic esters (lactones) is 1. The van der Waals surface area contributed by atoms with Crippen LogP contribution in [0.25, 0.3) is 0 Å². The quantitative estimate of drug-likeness (QED) is 0.736. The largest absolute Gasteiger partial charge is 0.462 e. The average Bonchev–Trinajstić information content (AvgIpc) is 2.96. The van der Waals surface area contributed by atoms with Gasteiger partial charge in [0.05, 0.1) is 6.04 Å². The van der Waals surface area contributed by atoms with E-state index in [-0.39, 0.29) is 23.6 Å². The average molecular weight is 271 g/mol. The molecule has 3 aliphatic rings. The first-order chi connectivity index (χ1) is 9.70. The smallest absolute Gasteiger partial charge is 0.323 e. The molecule has 3 nitrogen and oxygen atoms in total. The van der Waals surface area contributed by atoms with Crippen LogP contribution in [0, 0.1) is 5.92 Å². The maximum Gasteiger partial charge on any atom is 0.323 e. The van der Waals surface area contributed by atoms with E-state index >= 15 is 0 Å². The van der Waals surface area contributed by atoms with Gasteiger partial charge in [0.2, 0.25) is 0 Å². The van der Waals surface area contributed by atoms with Gasteiger partial charge in [0.15, 0.2) is 0 Å². The van der Waals surface area contributed by atoms with E-state index in [4.69, 9.17) is 4.74 Å². The first kappa shape index (κ1) is 12.4. The zero-order chi connectivity index (χ0) is 13.7. The lowest BCUT2D eigenvalue weighted by Crippen LogP contribution is -2.55. The van der Waals surface area contributed by atoms with E-state index in [1.165, 1.54) is 24.8 Å². The maximum absolute atomic E-state index is 12.2. The van der Waals surface area contributed by atoms with Crippen LogP contribution in [0.2, 0.25) is 0 Å². The molecule has 1 aliphatic carbocycles. The monoisotopic (exact) mass is 271 g/mol. The number of carbonyl (C=O) groups is 1. The summed E-state index contributed by atoms with van der Waals surface area (Å²) in [4.78, 5) is 14.7. The standard InChI is InChI=1S/C17H21NO2/c1-17-9-5-8-13(17)10-14-16(19)20-11-15(18(14)17)12-6-3-2-4-7-12/h2-4,6-7,13-15H,5,8-11H2,1H3/t13-,14+,15-,17-/m1/s1. The van der Waals surface area contributed by atoms with Crippen LogP contribution < -0.4 is 0 Å². The number of esters is 1. The molecule has 3 fully saturated rings. The van der Waals surface area contributed by atoms with Crippen molar-refractivity contribution in [2.45, 2.75) is 50.2 Å². The second kappa shape index (κ2) is 4.32. The van der Waals surface area contributed by atoms with Crippen molar-refractivity contribution in [2.75, 3.05) is 6.61 Å². The Morgan fingerprint density at radius 3 is 2.85 bits per heavy atom. The molecule has 0 amide bonds. The molecule has 1 aromatic carbocycles. The Bertz CT molecular complexity index is 529. The molecule has 1 aromatic rings. The van der Waals surface area contributed by atoms with E-state index in [0.29, 0.717) is 12.5 Å². The number of fused-ring (bicyclic) bond motifs is 3. The second-order valence-electron chi connectivity index (χ2n) is 6.66. The Kier molecular flexibility index (Phi) is 2.68. The van der Waals surface area contributed by atoms with Crippen molar-refractivity contribution in [2.24, 2.45) is 5.92 Å². The van der Waals surface area contributed by atoms with E-state index in [2.05, 4.69) is 36.1 Å². The Morgan fingerprint density at radius 2 is 2.05 bits per heavy atom. The molecular weight excluding hydrogens is 250 g/mol. The summed E-state index contributed by atoms with van der Waals surface area (Å²) in [6.45, 7) is 2.86. The molecular formula is C17H21NO2. The van der Waals surface area contributed by atoms with Crippen LogP contribution in [-0.2, 0) is 9.53 Å². The van der Waals surface area contributed by atoms with Gasteiger partial charge in [0.25, 0.3) is 0 Å². The number of rotatable bonds is 1. The van der Waals surface area contributed by atoms with Crippen LogP contribution in [0.15, 0.2) is 30.3 Å². The normalized spacial score (nSPS) is 40.2. The molecule has 106 valence electrons. The minimum absolute atomic E-state index is 0.00666. The van der Waals surface area contributed by atoms with Crippen LogP contribution in [-0.4, -0.2) is 29.1 Å². The number of morpholine rings is 1. The summed E-state index contributed by atoms with van der Waals surface area (Å²) in [5, 5.41) is 0. The Hall–Kier alpha value is -1.35. The molecule has 0 bridgehead atoms. The van der Waals surface area contributed by atoms with Gasteiger partial charge in [-0.15, -0.1) is 0 Å². The minimum Gasteiger partial charge on any atom is -0.462 e. The fourth-order valence-corrected chi connectivity index (χ4v) is 4.72. The number of ether oxygens (including phenoxy) is 1. The van der Waals surface area contributed by atoms with E-state index in [0.717, 1.165) is 6.42 Å². The van der Waals surface area contributed by atoms with Crippen LogP contribution in [0.4, 0.5) is 0 Å². The lowest BCUT2D eigenvalue weighted by molar-refractivity contribution is -0.165. The summed E-state index contributed by atoms with van der Waals surface area (Å²) >= 11 is 0. The molecule has 3 heteroatoms. The van der Waals surface area contributed by atoms with Crippen molar-refractivity contribution >= 4 is 5.97 Å². The van der Waals surface area contributed by atoms with Crippen molar-refractivity contribution in [3.63, 3.8) is 0 Å². The summed E-state index contributed by atoms with van der Waals surface area (Å²) in [7, 11) is 0. The van der Waals surface area contributed by atoms with Crippen molar-refractivity contribution in [1.82, 2.24) is 4.90 Å². The second-order valence-corrected chi connectivity index (χ2v) is 6.66. The van der Waals surface area contributed by atoms with Gasteiger partial charge >= 0.3 is 5.97 Å². The molecule has 0 radical (unpaired) electrons. The van der Waals surface area contributed by atoms with Gasteiger partial charge in [-0.25, -0.2) is 0 Å². The predicted octanol–water partition coefficient (Wildman–Crippen LogP) is 2.92. The first-order valence-electron chi connectivity index (χ1n) is 7.70. The lowest BCUT2D eigenvalue weighted by Gasteiger charge is -2.45. The zero-order valence-corrected chi connectivity index (χ0v) is 11.9. The van der Waals surface area contributed by atoms with Crippen molar-refractivity contribution < 1.29 is 9.53 Å². The summed E-state index contributed by atoms with van der Waals surface area (Å²) in [5.41, 5.74) is 1.46. The van der Waals surface area contributed by atoms with Gasteiger partial charge in [-0.05, 0) is 37.7 Å². The van der Waals surface area contributed by atoms with E-state index in [1.807, 2.05) is 6.07 Å². The lowest BCUT2D eigenvalue weighted by atomic mass is 9.89. The summed E-state index contributed by atoms with van der Waals surface area (Å²) in [6, 6.07) is 10.7. The van der Waals surface area contributed by atoms with E-state index in [9.17, 15) is 4.79 Å². The fourth-order valence-electron chi connectivity index (χ4n) is 4.72. The number of hydrogen-bond donors (Lipinski definition) is 0. The number of benzene rings is 1. The van der Waals surface area contributed by atoms with Crippen LogP contribution >= 0.6 is 0 Å². The van der Waals surface area contributed by atoms with E-state index in [1.54, 1.807) is 0 Å². The van der Waals surface area contributed by atoms with Gasteiger partial charge in [0.1, 0.15) is 12.6 Å². The highest BCUT2D eigenvalue weighted by molar-refractivity contribution is 5.77. The molecule has 2 saturated heterocycles. The summed E-state index contributed by atoms with van der Waals surface area (Å²) < 4.78 is 5.49. The Labute approximate surface area is 119 Å². The maximum atomic E-state index is 12.2. The molecule has 20 heavy (non-hydrogen) atoms. The SMILES string of the molecule is C[C@@]12CCC[C@@H]1C[C@H]1C(=O)OC[C@H](c3ccccc3)N12. The molecule has 2 heterocycles. The Balaban J connectivity index is 1.76. The number of hydrogen-bond acceptors (Lipinski definition) is 3. The predicted molar refractivity (Wildman–Crippen MR) is 76.1 cm³/mol. The molecule has 0 N–H and O–H groups in total. The molecule has 4 rings (SSSR count). The third-order valence-electron chi connectivity index (χ3n) is 5.72. The molecule has 2 aliphatic heterocycles. The first-order valence-corrected chi connectivity index (χ1v) is 7.70. The van der Waals surface area contributed by atoms with Gasteiger partial charge < -0.3 is 4.74 Å². The van der Waals surface area contributed by atoms with E-state index < -0.39 is 0 Å². The highest BCUT2D eigenvalue weighted by Crippen LogP contribution is 2.54. The minimum atomic E-state index is -0.0238.